The van der Waals surface area contributed by atoms with Gasteiger partial charge in [0.15, 0.2) is 0 Å². The van der Waals surface area contributed by atoms with Crippen LogP contribution in [0, 0.1) is 20.8 Å². The van der Waals surface area contributed by atoms with Gasteiger partial charge >= 0.3 is 5.97 Å². The smallest absolute Gasteiger partial charge is 0.312 e. The zero-order valence-corrected chi connectivity index (χ0v) is 10.6. The minimum atomic E-state index is -0.120. The molecule has 1 heterocycles. The minimum absolute atomic E-state index is 0.118. The number of hydrogen-bond acceptors (Lipinski definition) is 2. The van der Waals surface area contributed by atoms with Crippen LogP contribution in [0.3, 0.4) is 0 Å². The number of ether oxygens (including phenoxy) is 1. The molecule has 1 aliphatic heterocycles. The molecule has 0 bridgehead atoms. The number of fused-ring (bicyclic) bond motifs is 1. The van der Waals surface area contributed by atoms with E-state index in [2.05, 4.69) is 33.8 Å². The van der Waals surface area contributed by atoms with E-state index in [-0.39, 0.29) is 11.4 Å². The van der Waals surface area contributed by atoms with Gasteiger partial charge in [-0.1, -0.05) is 19.9 Å². The van der Waals surface area contributed by atoms with Crippen molar-refractivity contribution >= 4 is 5.97 Å². The molecule has 1 aromatic rings. The lowest BCUT2D eigenvalue weighted by Gasteiger charge is -2.34. The van der Waals surface area contributed by atoms with Crippen molar-refractivity contribution in [1.82, 2.24) is 0 Å². The van der Waals surface area contributed by atoms with Gasteiger partial charge in [-0.15, -0.1) is 0 Å². The molecule has 0 fully saturated rings. The molecule has 0 saturated heterocycles. The van der Waals surface area contributed by atoms with Crippen LogP contribution in [0.4, 0.5) is 0 Å². The molecule has 0 amide bonds. The van der Waals surface area contributed by atoms with Gasteiger partial charge in [-0.3, -0.25) is 4.79 Å². The summed E-state index contributed by atoms with van der Waals surface area (Å²) >= 11 is 0. The number of benzene rings is 1. The summed E-state index contributed by atoms with van der Waals surface area (Å²) in [6.45, 7) is 10.4. The normalized spacial score (nSPS) is 17.9. The van der Waals surface area contributed by atoms with Crippen LogP contribution in [0.2, 0.25) is 0 Å². The maximum atomic E-state index is 11.6. The number of aryl methyl sites for hydroxylation is 2. The van der Waals surface area contributed by atoms with Gasteiger partial charge in [-0.05, 0) is 37.5 Å². The van der Waals surface area contributed by atoms with Crippen molar-refractivity contribution in [2.24, 2.45) is 0 Å². The summed E-state index contributed by atoms with van der Waals surface area (Å²) in [6.07, 6.45) is 0.462. The van der Waals surface area contributed by atoms with Crippen molar-refractivity contribution in [3.63, 3.8) is 0 Å². The van der Waals surface area contributed by atoms with Crippen molar-refractivity contribution in [3.8, 4) is 5.75 Å². The molecule has 0 aromatic heterocycles. The van der Waals surface area contributed by atoms with Gasteiger partial charge in [0.25, 0.3) is 0 Å². The average molecular weight is 218 g/mol. The molecule has 2 nitrogen and oxygen atoms in total. The van der Waals surface area contributed by atoms with Crippen LogP contribution in [-0.4, -0.2) is 5.97 Å². The van der Waals surface area contributed by atoms with Crippen molar-refractivity contribution in [2.75, 3.05) is 0 Å². The van der Waals surface area contributed by atoms with Gasteiger partial charge in [0, 0.05) is 11.0 Å². The lowest BCUT2D eigenvalue weighted by Crippen LogP contribution is -2.32. The fourth-order valence-electron chi connectivity index (χ4n) is 2.62. The highest BCUT2D eigenvalue weighted by molar-refractivity contribution is 5.79. The highest BCUT2D eigenvalue weighted by atomic mass is 16.5. The number of rotatable bonds is 0. The molecule has 0 radical (unpaired) electrons. The number of esters is 1. The Hall–Kier alpha value is -1.31. The molecule has 16 heavy (non-hydrogen) atoms. The largest absolute Gasteiger partial charge is 0.426 e. The Morgan fingerprint density at radius 1 is 1.19 bits per heavy atom. The molecule has 0 saturated carbocycles. The highest BCUT2D eigenvalue weighted by Gasteiger charge is 2.36. The third-order valence-electron chi connectivity index (χ3n) is 3.47. The molecule has 0 atom stereocenters. The van der Waals surface area contributed by atoms with E-state index in [1.165, 1.54) is 16.7 Å². The first kappa shape index (κ1) is 11.2. The summed E-state index contributed by atoms with van der Waals surface area (Å²) in [5.41, 5.74) is 4.56. The zero-order valence-electron chi connectivity index (χ0n) is 10.6. The third kappa shape index (κ3) is 1.53. The molecule has 86 valence electrons. The zero-order chi connectivity index (χ0) is 12.1. The predicted molar refractivity (Wildman–Crippen MR) is 63.9 cm³/mol. The van der Waals surface area contributed by atoms with Gasteiger partial charge in [0.2, 0.25) is 0 Å². The predicted octanol–water partition coefficient (Wildman–Crippen LogP) is 3.20. The summed E-state index contributed by atoms with van der Waals surface area (Å²) in [6, 6.07) is 2.18. The topological polar surface area (TPSA) is 26.3 Å². The van der Waals surface area contributed by atoms with Crippen molar-refractivity contribution in [3.05, 3.63) is 28.3 Å². The van der Waals surface area contributed by atoms with Gasteiger partial charge in [-0.2, -0.15) is 0 Å². The van der Waals surface area contributed by atoms with Crippen molar-refractivity contribution < 1.29 is 9.53 Å². The van der Waals surface area contributed by atoms with Crippen LogP contribution in [0.1, 0.15) is 42.5 Å². The monoisotopic (exact) mass is 218 g/mol. The van der Waals surface area contributed by atoms with E-state index < -0.39 is 0 Å². The second kappa shape index (κ2) is 3.34. The molecular weight excluding hydrogens is 200 g/mol. The first-order chi connectivity index (χ1) is 7.33. The molecular formula is C14H18O2. The minimum Gasteiger partial charge on any atom is -0.426 e. The third-order valence-corrected chi connectivity index (χ3v) is 3.47. The molecule has 1 aliphatic rings. The van der Waals surface area contributed by atoms with Crippen molar-refractivity contribution in [1.29, 1.82) is 0 Å². The van der Waals surface area contributed by atoms with E-state index in [9.17, 15) is 4.79 Å². The van der Waals surface area contributed by atoms with Crippen LogP contribution in [0.5, 0.6) is 5.75 Å². The van der Waals surface area contributed by atoms with E-state index >= 15 is 0 Å². The average Bonchev–Trinajstić information content (AvgIpc) is 2.11. The van der Waals surface area contributed by atoms with E-state index in [0.29, 0.717) is 6.42 Å². The van der Waals surface area contributed by atoms with Crippen LogP contribution in [0.15, 0.2) is 6.07 Å². The number of hydrogen-bond donors (Lipinski definition) is 0. The summed E-state index contributed by atoms with van der Waals surface area (Å²) in [5.74, 6) is 0.671. The second-order valence-electron chi connectivity index (χ2n) is 5.37. The molecule has 0 N–H and O–H groups in total. The Balaban J connectivity index is 2.76. The van der Waals surface area contributed by atoms with E-state index in [0.717, 1.165) is 11.3 Å². The van der Waals surface area contributed by atoms with E-state index in [4.69, 9.17) is 4.74 Å². The Bertz CT molecular complexity index is 470. The summed E-state index contributed by atoms with van der Waals surface area (Å²) in [7, 11) is 0. The van der Waals surface area contributed by atoms with Gasteiger partial charge < -0.3 is 4.74 Å². The van der Waals surface area contributed by atoms with Crippen LogP contribution >= 0.6 is 0 Å². The van der Waals surface area contributed by atoms with Gasteiger partial charge in [0.05, 0.1) is 6.42 Å². The fraction of sp³-hybridized carbons (Fsp3) is 0.500. The molecule has 0 aliphatic carbocycles. The first-order valence-corrected chi connectivity index (χ1v) is 5.65. The van der Waals surface area contributed by atoms with E-state index in [1.807, 2.05) is 6.92 Å². The van der Waals surface area contributed by atoms with Crippen molar-refractivity contribution in [2.45, 2.75) is 46.5 Å². The Kier molecular flexibility index (Phi) is 2.33. The Labute approximate surface area is 96.6 Å². The maximum absolute atomic E-state index is 11.6. The second-order valence-corrected chi connectivity index (χ2v) is 5.37. The van der Waals surface area contributed by atoms with E-state index in [1.54, 1.807) is 0 Å². The number of carbonyl (C=O) groups excluding carboxylic acids is 1. The maximum Gasteiger partial charge on any atom is 0.312 e. The molecule has 0 spiro atoms. The molecule has 1 aromatic carbocycles. The quantitative estimate of drug-likeness (QED) is 0.494. The van der Waals surface area contributed by atoms with Crippen LogP contribution < -0.4 is 4.74 Å². The molecule has 2 rings (SSSR count). The fourth-order valence-corrected chi connectivity index (χ4v) is 2.62. The number of carbonyl (C=O) groups is 1. The summed E-state index contributed by atoms with van der Waals surface area (Å²) in [5, 5.41) is 0. The molecule has 2 heteroatoms. The van der Waals surface area contributed by atoms with Gasteiger partial charge in [0.1, 0.15) is 5.75 Å². The summed E-state index contributed by atoms with van der Waals surface area (Å²) in [4.78, 5) is 11.6. The lowest BCUT2D eigenvalue weighted by molar-refractivity contribution is -0.137. The molecule has 0 unspecified atom stereocenters. The SMILES string of the molecule is Cc1cc(C)c2c(c1C)OC(=O)CC2(C)C. The standard InChI is InChI=1S/C14H18O2/c1-8-6-9(2)12-13(10(8)3)16-11(15)7-14(12,4)5/h6H,7H2,1-5H3. The highest BCUT2D eigenvalue weighted by Crippen LogP contribution is 2.43. The Morgan fingerprint density at radius 2 is 1.81 bits per heavy atom. The Morgan fingerprint density at radius 3 is 2.44 bits per heavy atom. The summed E-state index contributed by atoms with van der Waals surface area (Å²) < 4.78 is 5.42. The van der Waals surface area contributed by atoms with Crippen LogP contribution in [-0.2, 0) is 10.2 Å². The first-order valence-electron chi connectivity index (χ1n) is 5.65. The van der Waals surface area contributed by atoms with Crippen LogP contribution in [0.25, 0.3) is 0 Å². The van der Waals surface area contributed by atoms with Gasteiger partial charge in [-0.25, -0.2) is 0 Å². The lowest BCUT2D eigenvalue weighted by atomic mass is 9.76.